The van der Waals surface area contributed by atoms with Crippen LogP contribution in [-0.4, -0.2) is 112 Å². The molecule has 0 bridgehead atoms. The Morgan fingerprint density at radius 1 is 1.00 bits per heavy atom. The molecule has 1 aromatic rings. The molecule has 47 heavy (non-hydrogen) atoms. The highest BCUT2D eigenvalue weighted by atomic mass is 16.4. The number of fused-ring (bicyclic) bond motifs is 3. The van der Waals surface area contributed by atoms with E-state index < -0.39 is 81.1 Å². The fraction of sp³-hybridized carbons (Fsp3) is 0.629. The Kier molecular flexibility index (Phi) is 11.7. The molecule has 0 radical (unpaired) electrons. The van der Waals surface area contributed by atoms with Crippen molar-refractivity contribution in [2.75, 3.05) is 41.8 Å². The highest BCUT2D eigenvalue weighted by Crippen LogP contribution is 2.56. The molecule has 3 aliphatic carbocycles. The number of nitrogens with zero attached hydrogens (tertiary/aromatic N) is 2. The highest BCUT2D eigenvalue weighted by molar-refractivity contribution is 6.24. The zero-order valence-corrected chi connectivity index (χ0v) is 28.7. The number of carbonyl (C=O) groups excluding carboxylic acids is 3. The van der Waals surface area contributed by atoms with Crippen LogP contribution in [0.4, 0.5) is 0 Å². The summed E-state index contributed by atoms with van der Waals surface area (Å²) in [7, 11) is 9.59. The van der Waals surface area contributed by atoms with Gasteiger partial charge in [0.15, 0.2) is 11.6 Å². The van der Waals surface area contributed by atoms with Crippen LogP contribution in [0.1, 0.15) is 76.3 Å². The molecule has 0 saturated heterocycles. The maximum Gasteiger partial charge on any atom is 0.251 e. The predicted molar refractivity (Wildman–Crippen MR) is 174 cm³/mol. The molecule has 1 saturated carbocycles. The van der Waals surface area contributed by atoms with Crippen LogP contribution in [0.2, 0.25) is 0 Å². The molecule has 12 nitrogen and oxygen atoms in total. The number of aliphatic hydroxyl groups is 4. The summed E-state index contributed by atoms with van der Waals surface area (Å²) in [5.74, 6) is -10.2. The van der Waals surface area contributed by atoms with Gasteiger partial charge in [0.2, 0.25) is 0 Å². The number of phenolic OH excluding ortho intramolecular Hbond substituents is 1. The molecule has 1 aromatic carbocycles. The maximum absolute atomic E-state index is 13.6. The first-order valence-corrected chi connectivity index (χ1v) is 16.4. The Labute approximate surface area is 277 Å². The number of Topliss-reactive ketones (excluding diaryl/α,β-unsaturated/α-hetero) is 2. The summed E-state index contributed by atoms with van der Waals surface area (Å²) in [6.45, 7) is 4.84. The molecular formula is C35H53N3O9. The molecule has 1 fully saturated rings. The first-order valence-electron chi connectivity index (χ1n) is 16.4. The second-order valence-electron chi connectivity index (χ2n) is 14.5. The van der Waals surface area contributed by atoms with Crippen LogP contribution in [0.3, 0.4) is 0 Å². The molecule has 12 heteroatoms. The van der Waals surface area contributed by atoms with Gasteiger partial charge < -0.3 is 40.9 Å². The van der Waals surface area contributed by atoms with E-state index in [9.17, 15) is 45.0 Å². The van der Waals surface area contributed by atoms with Crippen molar-refractivity contribution in [3.63, 3.8) is 0 Å². The van der Waals surface area contributed by atoms with Gasteiger partial charge in [-0.3, -0.25) is 19.3 Å². The molecule has 0 spiro atoms. The van der Waals surface area contributed by atoms with Gasteiger partial charge in [-0.05, 0) is 45.5 Å². The lowest BCUT2D eigenvalue weighted by Gasteiger charge is -2.57. The fourth-order valence-electron chi connectivity index (χ4n) is 7.30. The number of quaternary nitrogens is 1. The van der Waals surface area contributed by atoms with Crippen molar-refractivity contribution >= 4 is 23.2 Å². The van der Waals surface area contributed by atoms with E-state index in [-0.39, 0.29) is 11.1 Å². The number of nitrogens with two attached hydrogens (primary N) is 1. The zero-order chi connectivity index (χ0) is 35.6. The first kappa shape index (κ1) is 38.2. The number of primary amides is 1. The summed E-state index contributed by atoms with van der Waals surface area (Å²) in [5.41, 5.74) is -2.13. The van der Waals surface area contributed by atoms with E-state index in [0.29, 0.717) is 0 Å². The molecule has 4 rings (SSSR count). The number of aliphatic hydroxyl groups excluding tert-OH is 2. The lowest BCUT2D eigenvalue weighted by molar-refractivity contribution is -0.870. The van der Waals surface area contributed by atoms with Gasteiger partial charge in [0.25, 0.3) is 5.91 Å². The second-order valence-corrected chi connectivity index (χ2v) is 14.5. The van der Waals surface area contributed by atoms with Gasteiger partial charge >= 0.3 is 0 Å². The van der Waals surface area contributed by atoms with E-state index in [2.05, 4.69) is 28.1 Å². The number of hydrogen-bond donors (Lipinski definition) is 6. The molecule has 3 aliphatic rings. The highest BCUT2D eigenvalue weighted by Gasteiger charge is 2.67. The SMILES string of the molecule is CCCCCCCCCC[N+](C)(C)C.CN(C)[C@@H]1C(=O)C(C(N)=O)=C([O-])[C@@]2(O)C(=O)C3=C(O)c4c(O)cccc4[C@@](C)(O)[C@H]3[C@H](O)[C@@H]12. The van der Waals surface area contributed by atoms with Crippen LogP contribution < -0.4 is 10.8 Å². The minimum atomic E-state index is -3.13. The van der Waals surface area contributed by atoms with Gasteiger partial charge in [-0.1, -0.05) is 63.3 Å². The van der Waals surface area contributed by atoms with E-state index in [1.54, 1.807) is 0 Å². The van der Waals surface area contributed by atoms with Gasteiger partial charge in [-0.2, -0.15) is 0 Å². The third-order valence-corrected chi connectivity index (χ3v) is 9.69. The summed E-state index contributed by atoms with van der Waals surface area (Å²) in [6, 6.07) is 2.43. The first-order chi connectivity index (χ1) is 21.8. The molecule has 262 valence electrons. The largest absolute Gasteiger partial charge is 0.873 e. The van der Waals surface area contributed by atoms with Crippen LogP contribution in [0.5, 0.6) is 5.75 Å². The Hall–Kier alpha value is -3.29. The average Bonchev–Trinajstić information content (AvgIpc) is 2.96. The standard InChI is InChI=1S/C22H24N2O9.C13H30N/c1-21(32)7-5-4-6-8(25)9(7)15(26)10-12(21)17(28)13-14(24(2)3)16(27)11(20(23)31)19(30)22(13,33)18(10)29;1-5-6-7-8-9-10-11-12-13-14(2,3)4/h4-6,12-14,17,25-26,28,30,32-33H,1-3H3,(H2,23,31);5-13H2,1-4H3/q;+1/p-1/t12-,13-,14+,17+,21-,22+;/m1./s1. The average molecular weight is 660 g/mol. The van der Waals surface area contributed by atoms with Crippen LogP contribution in [-0.2, 0) is 20.0 Å². The van der Waals surface area contributed by atoms with Crippen LogP contribution in [0.25, 0.3) is 5.76 Å². The molecular weight excluding hydrogens is 606 g/mol. The molecule has 0 heterocycles. The van der Waals surface area contributed by atoms with Crippen LogP contribution in [0.15, 0.2) is 35.1 Å². The molecule has 7 N–H and O–H groups in total. The number of ketones is 2. The summed E-state index contributed by atoms with van der Waals surface area (Å²) >= 11 is 0. The number of aromatic hydroxyl groups is 1. The minimum absolute atomic E-state index is 0.00899. The van der Waals surface area contributed by atoms with Crippen molar-refractivity contribution < 1.29 is 49.5 Å². The minimum Gasteiger partial charge on any atom is -0.873 e. The monoisotopic (exact) mass is 659 g/mol. The Balaban J connectivity index is 0.000000363. The normalized spacial score (nSPS) is 28.8. The summed E-state index contributed by atoms with van der Waals surface area (Å²) < 4.78 is 1.12. The number of likely N-dealkylation sites (N-methyl/N-ethyl adjacent to an activating group) is 1. The van der Waals surface area contributed by atoms with Crippen LogP contribution in [0, 0.1) is 11.8 Å². The number of hydrogen-bond acceptors (Lipinski definition) is 10. The van der Waals surface area contributed by atoms with Gasteiger partial charge in [-0.15, -0.1) is 0 Å². The lowest BCUT2D eigenvalue weighted by Crippen LogP contribution is -2.73. The third-order valence-electron chi connectivity index (χ3n) is 9.69. The fourth-order valence-corrected chi connectivity index (χ4v) is 7.30. The van der Waals surface area contributed by atoms with Crippen molar-refractivity contribution in [2.45, 2.75) is 88.6 Å². The van der Waals surface area contributed by atoms with Gasteiger partial charge in [0, 0.05) is 11.5 Å². The number of unbranched alkanes of at least 4 members (excludes halogenated alkanes) is 7. The van der Waals surface area contributed by atoms with Gasteiger partial charge in [0.1, 0.15) is 17.1 Å². The van der Waals surface area contributed by atoms with Crippen molar-refractivity contribution in [1.29, 1.82) is 0 Å². The Bertz CT molecular complexity index is 1430. The molecule has 1 amide bonds. The Morgan fingerprint density at radius 2 is 1.55 bits per heavy atom. The smallest absolute Gasteiger partial charge is 0.251 e. The summed E-state index contributed by atoms with van der Waals surface area (Å²) in [4.78, 5) is 39.8. The maximum atomic E-state index is 13.6. The number of phenols is 1. The van der Waals surface area contributed by atoms with Crippen molar-refractivity contribution in [3.8, 4) is 5.75 Å². The summed E-state index contributed by atoms with van der Waals surface area (Å²) in [6.07, 6.45) is 9.52. The van der Waals surface area contributed by atoms with E-state index >= 15 is 0 Å². The predicted octanol–water partition coefficient (Wildman–Crippen LogP) is 1.24. The zero-order valence-electron chi connectivity index (χ0n) is 28.7. The van der Waals surface area contributed by atoms with Crippen LogP contribution >= 0.6 is 0 Å². The van der Waals surface area contributed by atoms with Crippen molar-refractivity contribution in [2.24, 2.45) is 17.6 Å². The second kappa shape index (κ2) is 14.4. The van der Waals surface area contributed by atoms with E-state index in [1.165, 1.54) is 102 Å². The molecule has 0 aromatic heterocycles. The summed E-state index contributed by atoms with van der Waals surface area (Å²) in [5, 5.41) is 68.6. The number of rotatable bonds is 11. The number of amides is 1. The molecule has 6 atom stereocenters. The van der Waals surface area contributed by atoms with Gasteiger partial charge in [0.05, 0.1) is 62.5 Å². The van der Waals surface area contributed by atoms with E-state index in [4.69, 9.17) is 5.73 Å². The topological polar surface area (TPSA) is 205 Å². The quantitative estimate of drug-likeness (QED) is 0.114. The Morgan fingerprint density at radius 3 is 2.06 bits per heavy atom. The van der Waals surface area contributed by atoms with Crippen molar-refractivity contribution in [1.82, 2.24) is 4.90 Å². The van der Waals surface area contributed by atoms with E-state index in [1.807, 2.05) is 0 Å². The lowest BCUT2D eigenvalue weighted by atomic mass is 9.53. The third kappa shape index (κ3) is 7.12. The number of benzene rings is 1. The molecule has 0 unspecified atom stereocenters. The number of carbonyl (C=O) groups is 3. The van der Waals surface area contributed by atoms with Crippen molar-refractivity contribution in [3.05, 3.63) is 46.2 Å². The van der Waals surface area contributed by atoms with Gasteiger partial charge in [-0.25, -0.2) is 0 Å². The van der Waals surface area contributed by atoms with E-state index in [0.717, 1.165) is 4.48 Å². The molecule has 0 aliphatic heterocycles.